The van der Waals surface area contributed by atoms with Gasteiger partial charge >= 0.3 is 6.18 Å². The third-order valence-corrected chi connectivity index (χ3v) is 4.58. The van der Waals surface area contributed by atoms with Gasteiger partial charge in [-0.1, -0.05) is 18.2 Å². The highest BCUT2D eigenvalue weighted by atomic mass is 19.4. The van der Waals surface area contributed by atoms with Crippen LogP contribution >= 0.6 is 0 Å². The minimum absolute atomic E-state index is 0.0736. The molecule has 1 N–H and O–H groups in total. The molecule has 0 bridgehead atoms. The summed E-state index contributed by atoms with van der Waals surface area (Å²) in [4.78, 5) is 13.7. The molecular weight excluding hydrogens is 347 g/mol. The van der Waals surface area contributed by atoms with Crippen molar-refractivity contribution in [2.75, 3.05) is 31.1 Å². The molecule has 2 aromatic rings. The van der Waals surface area contributed by atoms with E-state index in [-0.39, 0.29) is 5.69 Å². The van der Waals surface area contributed by atoms with Gasteiger partial charge in [-0.25, -0.2) is 0 Å². The van der Waals surface area contributed by atoms with E-state index in [0.29, 0.717) is 25.3 Å². The van der Waals surface area contributed by atoms with Gasteiger partial charge < -0.3 is 9.80 Å². The third-order valence-electron chi connectivity index (χ3n) is 4.58. The maximum absolute atomic E-state index is 12.9. The second-order valence-corrected chi connectivity index (χ2v) is 6.39. The average Bonchev–Trinajstić information content (AvgIpc) is 2.62. The predicted octanol–water partition coefficient (Wildman–Crippen LogP) is 2.52. The summed E-state index contributed by atoms with van der Waals surface area (Å²) in [7, 11) is 0. The molecule has 2 aromatic carbocycles. The summed E-state index contributed by atoms with van der Waals surface area (Å²) in [5.41, 5.74) is 0.904. The Hall–Kier alpha value is -2.61. The first-order valence-electron chi connectivity index (χ1n) is 8.32. The molecule has 1 saturated heterocycles. The number of nitro benzene ring substituents is 1. The molecule has 1 fully saturated rings. The van der Waals surface area contributed by atoms with Crippen molar-refractivity contribution in [3.05, 3.63) is 69.8 Å². The Kier molecular flexibility index (Phi) is 5.13. The molecule has 26 heavy (non-hydrogen) atoms. The smallest absolute Gasteiger partial charge is 0.360 e. The zero-order valence-corrected chi connectivity index (χ0v) is 14.0. The van der Waals surface area contributed by atoms with Crippen molar-refractivity contribution in [2.45, 2.75) is 12.7 Å². The Morgan fingerprint density at radius 1 is 1.08 bits per heavy atom. The second kappa shape index (κ2) is 7.33. The van der Waals surface area contributed by atoms with Crippen LogP contribution in [-0.4, -0.2) is 31.1 Å². The Balaban J connectivity index is 1.61. The van der Waals surface area contributed by atoms with Crippen molar-refractivity contribution < 1.29 is 23.0 Å². The van der Waals surface area contributed by atoms with Gasteiger partial charge in [-0.2, -0.15) is 13.2 Å². The lowest BCUT2D eigenvalue weighted by atomic mass is 10.1. The number of piperazine rings is 1. The molecule has 0 unspecified atom stereocenters. The van der Waals surface area contributed by atoms with E-state index in [0.717, 1.165) is 24.7 Å². The number of rotatable bonds is 4. The number of nitro groups is 1. The highest BCUT2D eigenvalue weighted by molar-refractivity contribution is 5.49. The summed E-state index contributed by atoms with van der Waals surface area (Å²) >= 11 is 0. The molecule has 0 spiro atoms. The van der Waals surface area contributed by atoms with E-state index >= 15 is 0 Å². The molecular formula is C18H19F3N3O2+. The number of nitrogens with zero attached hydrogens (tertiary/aromatic N) is 2. The lowest BCUT2D eigenvalue weighted by molar-refractivity contribution is -0.914. The van der Waals surface area contributed by atoms with Gasteiger partial charge in [0.15, 0.2) is 0 Å². The van der Waals surface area contributed by atoms with Crippen LogP contribution in [0.2, 0.25) is 0 Å². The van der Waals surface area contributed by atoms with Crippen molar-refractivity contribution in [3.8, 4) is 0 Å². The quantitative estimate of drug-likeness (QED) is 0.668. The topological polar surface area (TPSA) is 50.8 Å². The van der Waals surface area contributed by atoms with Gasteiger partial charge in [-0.15, -0.1) is 0 Å². The lowest BCUT2D eigenvalue weighted by Crippen LogP contribution is -3.13. The number of hydrogen-bond acceptors (Lipinski definition) is 3. The molecule has 0 aromatic heterocycles. The summed E-state index contributed by atoms with van der Waals surface area (Å²) < 4.78 is 38.6. The highest BCUT2D eigenvalue weighted by Gasteiger charge is 2.31. The van der Waals surface area contributed by atoms with Gasteiger partial charge in [0, 0.05) is 23.4 Å². The third kappa shape index (κ3) is 4.32. The minimum atomic E-state index is -4.34. The van der Waals surface area contributed by atoms with Crippen LogP contribution in [0.3, 0.4) is 0 Å². The molecule has 0 radical (unpaired) electrons. The molecule has 0 saturated carbocycles. The van der Waals surface area contributed by atoms with Crippen LogP contribution in [0.4, 0.5) is 24.5 Å². The van der Waals surface area contributed by atoms with E-state index in [1.807, 2.05) is 11.0 Å². The molecule has 1 heterocycles. The van der Waals surface area contributed by atoms with Gasteiger partial charge in [0.25, 0.3) is 5.69 Å². The van der Waals surface area contributed by atoms with Crippen molar-refractivity contribution >= 4 is 11.4 Å². The zero-order chi connectivity index (χ0) is 18.7. The van der Waals surface area contributed by atoms with Gasteiger partial charge in [0.2, 0.25) is 0 Å². The van der Waals surface area contributed by atoms with Crippen LogP contribution in [0.15, 0.2) is 48.5 Å². The normalized spacial score (nSPS) is 15.9. The summed E-state index contributed by atoms with van der Waals surface area (Å²) in [6.07, 6.45) is -4.34. The molecule has 5 nitrogen and oxygen atoms in total. The SMILES string of the molecule is O=[N+]([O-])c1cccc(C[NH+]2CCN(c3cccc(C(F)(F)F)c3)CC2)c1. The maximum Gasteiger partial charge on any atom is 0.416 e. The minimum Gasteiger partial charge on any atom is -0.360 e. The number of hydrogen-bond donors (Lipinski definition) is 1. The van der Waals surface area contributed by atoms with Gasteiger partial charge in [-0.3, -0.25) is 10.1 Å². The van der Waals surface area contributed by atoms with Gasteiger partial charge in [-0.05, 0) is 18.2 Å². The monoisotopic (exact) mass is 366 g/mol. The predicted molar refractivity (Wildman–Crippen MR) is 91.2 cm³/mol. The van der Waals surface area contributed by atoms with Gasteiger partial charge in [0.1, 0.15) is 6.54 Å². The van der Waals surface area contributed by atoms with Crippen LogP contribution in [0.25, 0.3) is 0 Å². The first kappa shape index (κ1) is 18.2. The first-order valence-corrected chi connectivity index (χ1v) is 8.32. The number of anilines is 1. The van der Waals surface area contributed by atoms with Crippen LogP contribution in [0.5, 0.6) is 0 Å². The van der Waals surface area contributed by atoms with Crippen LogP contribution in [-0.2, 0) is 12.7 Å². The van der Waals surface area contributed by atoms with Crippen LogP contribution < -0.4 is 9.80 Å². The number of quaternary nitrogens is 1. The molecule has 3 rings (SSSR count). The van der Waals surface area contributed by atoms with E-state index in [1.165, 1.54) is 23.1 Å². The molecule has 8 heteroatoms. The van der Waals surface area contributed by atoms with E-state index in [9.17, 15) is 23.3 Å². The molecule has 0 atom stereocenters. The maximum atomic E-state index is 12.9. The Bertz CT molecular complexity index is 787. The van der Waals surface area contributed by atoms with E-state index in [2.05, 4.69) is 0 Å². The lowest BCUT2D eigenvalue weighted by Gasteiger charge is -2.34. The van der Waals surface area contributed by atoms with Crippen molar-refractivity contribution in [3.63, 3.8) is 0 Å². The van der Waals surface area contributed by atoms with Crippen molar-refractivity contribution in [1.29, 1.82) is 0 Å². The second-order valence-electron chi connectivity index (χ2n) is 6.39. The van der Waals surface area contributed by atoms with Crippen LogP contribution in [0, 0.1) is 10.1 Å². The van der Waals surface area contributed by atoms with E-state index in [1.54, 1.807) is 18.2 Å². The molecule has 1 aliphatic rings. The fraction of sp³-hybridized carbons (Fsp3) is 0.333. The van der Waals surface area contributed by atoms with Crippen LogP contribution in [0.1, 0.15) is 11.1 Å². The highest BCUT2D eigenvalue weighted by Crippen LogP contribution is 2.31. The summed E-state index contributed by atoms with van der Waals surface area (Å²) in [5.74, 6) is 0. The number of alkyl halides is 3. The number of nitrogens with one attached hydrogen (secondary N) is 1. The standard InChI is InChI=1S/C18H18F3N3O2/c19-18(20,21)15-4-2-5-16(12-15)23-9-7-22(8-10-23)13-14-3-1-6-17(11-14)24(25)26/h1-6,11-12H,7-10,13H2/p+1. The number of benzene rings is 2. The zero-order valence-electron chi connectivity index (χ0n) is 14.0. The molecule has 0 amide bonds. The summed E-state index contributed by atoms with van der Waals surface area (Å²) in [6, 6.07) is 12.0. The summed E-state index contributed by atoms with van der Waals surface area (Å²) in [5, 5.41) is 10.9. The molecule has 138 valence electrons. The van der Waals surface area contributed by atoms with Crippen molar-refractivity contribution in [2.24, 2.45) is 0 Å². The fourth-order valence-corrected chi connectivity index (χ4v) is 3.21. The van der Waals surface area contributed by atoms with Gasteiger partial charge in [0.05, 0.1) is 36.7 Å². The number of non-ortho nitro benzene ring substituents is 1. The van der Waals surface area contributed by atoms with Crippen molar-refractivity contribution in [1.82, 2.24) is 0 Å². The molecule has 0 aliphatic carbocycles. The van der Waals surface area contributed by atoms with E-state index in [4.69, 9.17) is 0 Å². The Morgan fingerprint density at radius 2 is 1.77 bits per heavy atom. The van der Waals surface area contributed by atoms with E-state index < -0.39 is 16.7 Å². The Morgan fingerprint density at radius 3 is 2.42 bits per heavy atom. The largest absolute Gasteiger partial charge is 0.416 e. The first-order chi connectivity index (χ1) is 12.3. The number of halogens is 3. The average molecular weight is 366 g/mol. The fourth-order valence-electron chi connectivity index (χ4n) is 3.21. The summed E-state index contributed by atoms with van der Waals surface area (Å²) in [6.45, 7) is 3.48. The Labute approximate surface area is 148 Å². The molecule has 1 aliphatic heterocycles.